The van der Waals surface area contributed by atoms with Gasteiger partial charge in [0.25, 0.3) is 0 Å². The van der Waals surface area contributed by atoms with Crippen LogP contribution in [0.5, 0.6) is 5.75 Å². The first-order valence-electron chi connectivity index (χ1n) is 5.36. The lowest BCUT2D eigenvalue weighted by molar-refractivity contribution is -0.143. The molecule has 0 saturated carbocycles. The number of hydrogen-bond acceptors (Lipinski definition) is 3. The van der Waals surface area contributed by atoms with E-state index in [2.05, 4.69) is 15.9 Å². The van der Waals surface area contributed by atoms with Crippen molar-refractivity contribution >= 4 is 39.3 Å². The Labute approximate surface area is 120 Å². The van der Waals surface area contributed by atoms with Crippen molar-refractivity contribution in [3.05, 3.63) is 28.8 Å². The standard InChI is InChI=1S/C13H14BrClO3/c1-13(2,3)12(17)18-11-5-4-8(15)6-9(11)10(16)7-14/h4-6H,7H2,1-3H3. The number of rotatable bonds is 3. The number of benzene rings is 1. The number of esters is 1. The van der Waals surface area contributed by atoms with Crippen molar-refractivity contribution in [3.8, 4) is 5.75 Å². The molecule has 98 valence electrons. The van der Waals surface area contributed by atoms with E-state index in [0.717, 1.165) is 0 Å². The van der Waals surface area contributed by atoms with Crippen LogP contribution >= 0.6 is 27.5 Å². The van der Waals surface area contributed by atoms with Gasteiger partial charge in [0.2, 0.25) is 0 Å². The van der Waals surface area contributed by atoms with Crippen molar-refractivity contribution in [2.45, 2.75) is 20.8 Å². The molecule has 0 aromatic heterocycles. The Balaban J connectivity index is 3.09. The first-order valence-corrected chi connectivity index (χ1v) is 6.86. The fourth-order valence-corrected chi connectivity index (χ4v) is 1.61. The first kappa shape index (κ1) is 15.2. The zero-order valence-corrected chi connectivity index (χ0v) is 12.8. The van der Waals surface area contributed by atoms with Crippen LogP contribution in [-0.4, -0.2) is 17.1 Å². The summed E-state index contributed by atoms with van der Waals surface area (Å²) in [6, 6.07) is 4.61. The van der Waals surface area contributed by atoms with Crippen LogP contribution in [0.1, 0.15) is 31.1 Å². The van der Waals surface area contributed by atoms with E-state index in [1.807, 2.05) is 0 Å². The maximum atomic E-state index is 11.8. The zero-order chi connectivity index (χ0) is 13.9. The van der Waals surface area contributed by atoms with Crippen molar-refractivity contribution < 1.29 is 14.3 Å². The van der Waals surface area contributed by atoms with Gasteiger partial charge in [0.15, 0.2) is 5.78 Å². The highest BCUT2D eigenvalue weighted by atomic mass is 79.9. The van der Waals surface area contributed by atoms with Crippen molar-refractivity contribution in [2.75, 3.05) is 5.33 Å². The molecule has 0 fully saturated rings. The first-order chi connectivity index (χ1) is 8.25. The highest BCUT2D eigenvalue weighted by Gasteiger charge is 2.25. The fraction of sp³-hybridized carbons (Fsp3) is 0.385. The smallest absolute Gasteiger partial charge is 0.316 e. The molecular formula is C13H14BrClO3. The predicted octanol–water partition coefficient (Wildman–Crippen LogP) is 3.87. The third kappa shape index (κ3) is 3.82. The quantitative estimate of drug-likeness (QED) is 0.365. The molecule has 0 radical (unpaired) electrons. The van der Waals surface area contributed by atoms with E-state index in [1.165, 1.54) is 12.1 Å². The summed E-state index contributed by atoms with van der Waals surface area (Å²) >= 11 is 8.92. The summed E-state index contributed by atoms with van der Waals surface area (Å²) in [4.78, 5) is 23.5. The fourth-order valence-electron chi connectivity index (χ4n) is 1.13. The highest BCUT2D eigenvalue weighted by molar-refractivity contribution is 9.09. The predicted molar refractivity (Wildman–Crippen MR) is 74.7 cm³/mol. The molecule has 0 saturated heterocycles. The number of hydrogen-bond donors (Lipinski definition) is 0. The number of ketones is 1. The monoisotopic (exact) mass is 332 g/mol. The molecule has 0 spiro atoms. The molecule has 0 bridgehead atoms. The van der Waals surface area contributed by atoms with E-state index in [-0.39, 0.29) is 16.9 Å². The Bertz CT molecular complexity index is 478. The van der Waals surface area contributed by atoms with Crippen LogP contribution in [0.25, 0.3) is 0 Å². The van der Waals surface area contributed by atoms with Crippen molar-refractivity contribution in [3.63, 3.8) is 0 Å². The third-order valence-corrected chi connectivity index (χ3v) is 2.92. The van der Waals surface area contributed by atoms with Crippen LogP contribution in [0.15, 0.2) is 18.2 Å². The van der Waals surface area contributed by atoms with E-state index < -0.39 is 11.4 Å². The Morgan fingerprint density at radius 2 is 1.94 bits per heavy atom. The summed E-state index contributed by atoms with van der Waals surface area (Å²) in [7, 11) is 0. The van der Waals surface area contributed by atoms with Gasteiger partial charge in [-0.2, -0.15) is 0 Å². The second-order valence-electron chi connectivity index (χ2n) is 4.84. The SMILES string of the molecule is CC(C)(C)C(=O)Oc1ccc(Cl)cc1C(=O)CBr. The van der Waals surface area contributed by atoms with Crippen LogP contribution in [0.2, 0.25) is 5.02 Å². The summed E-state index contributed by atoms with van der Waals surface area (Å²) in [5, 5.41) is 0.572. The van der Waals surface area contributed by atoms with Gasteiger partial charge >= 0.3 is 5.97 Å². The van der Waals surface area contributed by atoms with E-state index in [9.17, 15) is 9.59 Å². The number of alkyl halides is 1. The lowest BCUT2D eigenvalue weighted by Gasteiger charge is -2.17. The number of halogens is 2. The zero-order valence-electron chi connectivity index (χ0n) is 10.4. The second kappa shape index (κ2) is 5.85. The molecule has 5 heteroatoms. The van der Waals surface area contributed by atoms with E-state index in [0.29, 0.717) is 10.6 Å². The molecule has 0 aliphatic rings. The van der Waals surface area contributed by atoms with Gasteiger partial charge in [-0.05, 0) is 39.0 Å². The van der Waals surface area contributed by atoms with Crippen LogP contribution in [0, 0.1) is 5.41 Å². The van der Waals surface area contributed by atoms with Crippen molar-refractivity contribution in [1.82, 2.24) is 0 Å². The van der Waals surface area contributed by atoms with Crippen molar-refractivity contribution in [2.24, 2.45) is 5.41 Å². The minimum atomic E-state index is -0.631. The lowest BCUT2D eigenvalue weighted by atomic mass is 9.97. The van der Waals surface area contributed by atoms with Gasteiger partial charge in [0.1, 0.15) is 5.75 Å². The topological polar surface area (TPSA) is 43.4 Å². The van der Waals surface area contributed by atoms with Gasteiger partial charge < -0.3 is 4.74 Å². The Morgan fingerprint density at radius 3 is 2.44 bits per heavy atom. The molecule has 3 nitrogen and oxygen atoms in total. The minimum absolute atomic E-state index is 0.146. The number of carbonyl (C=O) groups is 2. The maximum Gasteiger partial charge on any atom is 0.316 e. The maximum absolute atomic E-state index is 11.8. The molecule has 1 aromatic rings. The molecule has 1 rings (SSSR count). The normalized spacial score (nSPS) is 11.2. The molecule has 1 aromatic carbocycles. The minimum Gasteiger partial charge on any atom is -0.425 e. The van der Waals surface area contributed by atoms with Crippen LogP contribution < -0.4 is 4.74 Å². The summed E-state index contributed by atoms with van der Waals surface area (Å²) < 4.78 is 5.25. The molecular weight excluding hydrogens is 319 g/mol. The van der Waals surface area contributed by atoms with Gasteiger partial charge in [-0.3, -0.25) is 9.59 Å². The van der Waals surface area contributed by atoms with Gasteiger partial charge in [0.05, 0.1) is 16.3 Å². The lowest BCUT2D eigenvalue weighted by Crippen LogP contribution is -2.26. The average molecular weight is 334 g/mol. The van der Waals surface area contributed by atoms with E-state index >= 15 is 0 Å². The summed E-state index contributed by atoms with van der Waals surface area (Å²) in [5.41, 5.74) is -0.328. The largest absolute Gasteiger partial charge is 0.425 e. The van der Waals surface area contributed by atoms with Crippen LogP contribution in [0.3, 0.4) is 0 Å². The molecule has 0 N–H and O–H groups in total. The van der Waals surface area contributed by atoms with E-state index in [1.54, 1.807) is 26.8 Å². The highest BCUT2D eigenvalue weighted by Crippen LogP contribution is 2.26. The number of carbonyl (C=O) groups excluding carboxylic acids is 2. The molecule has 0 atom stereocenters. The Hall–Kier alpha value is -0.870. The summed E-state index contributed by atoms with van der Waals surface area (Å²) in [6.07, 6.45) is 0. The van der Waals surface area contributed by atoms with Gasteiger partial charge in [-0.1, -0.05) is 27.5 Å². The Kier molecular flexibility index (Phi) is 4.93. The third-order valence-electron chi connectivity index (χ3n) is 2.18. The molecule has 0 heterocycles. The molecule has 18 heavy (non-hydrogen) atoms. The van der Waals surface area contributed by atoms with Gasteiger partial charge in [0, 0.05) is 5.02 Å². The Morgan fingerprint density at radius 1 is 1.33 bits per heavy atom. The molecule has 0 unspecified atom stereocenters. The van der Waals surface area contributed by atoms with Crippen molar-refractivity contribution in [1.29, 1.82) is 0 Å². The van der Waals surface area contributed by atoms with Gasteiger partial charge in [-0.15, -0.1) is 0 Å². The van der Waals surface area contributed by atoms with Crippen LogP contribution in [0.4, 0.5) is 0 Å². The summed E-state index contributed by atoms with van der Waals surface area (Å²) in [6.45, 7) is 5.24. The molecule has 0 aliphatic heterocycles. The van der Waals surface area contributed by atoms with E-state index in [4.69, 9.17) is 16.3 Å². The van der Waals surface area contributed by atoms with Gasteiger partial charge in [-0.25, -0.2) is 0 Å². The average Bonchev–Trinajstić information content (AvgIpc) is 2.29. The van der Waals surface area contributed by atoms with Crippen LogP contribution in [-0.2, 0) is 4.79 Å². The second-order valence-corrected chi connectivity index (χ2v) is 5.83. The molecule has 0 amide bonds. The number of Topliss-reactive ketones (excluding diaryl/α,β-unsaturated/α-hetero) is 1. The molecule has 0 aliphatic carbocycles. The number of ether oxygens (including phenoxy) is 1. The summed E-state index contributed by atoms with van der Waals surface area (Å²) in [5.74, 6) is -0.341.